The number of carboxylic acid groups (broad SMARTS) is 1. The topological polar surface area (TPSA) is 112 Å². The Morgan fingerprint density at radius 1 is 1.08 bits per heavy atom. The zero-order valence-electron chi connectivity index (χ0n) is 22.1. The van der Waals surface area contributed by atoms with Gasteiger partial charge in [-0.1, -0.05) is 6.92 Å². The van der Waals surface area contributed by atoms with E-state index in [4.69, 9.17) is 19.4 Å². The van der Waals surface area contributed by atoms with Crippen LogP contribution in [0.25, 0.3) is 0 Å². The van der Waals surface area contributed by atoms with Crippen molar-refractivity contribution in [1.82, 2.24) is 20.0 Å². The van der Waals surface area contributed by atoms with Crippen molar-refractivity contribution < 1.29 is 42.1 Å². The Morgan fingerprint density at radius 3 is 2.16 bits per heavy atom. The second-order valence-electron chi connectivity index (χ2n) is 8.96. The number of benzene rings is 1. The van der Waals surface area contributed by atoms with Crippen LogP contribution in [-0.2, 0) is 9.59 Å². The summed E-state index contributed by atoms with van der Waals surface area (Å²) < 4.78 is 42.4. The second-order valence-corrected chi connectivity index (χ2v) is 8.96. The first kappa shape index (κ1) is 31.2. The van der Waals surface area contributed by atoms with E-state index in [1.165, 1.54) is 0 Å². The average molecular weight is 547 g/mol. The van der Waals surface area contributed by atoms with Gasteiger partial charge in [0, 0.05) is 63.4 Å². The SMILES string of the molecule is CCN1CCCC1CN(CCC(=O)N1CCNCC1)C(=O)c1cc(OC)cc(OC)c1.O=C(O)C(F)(F)F. The Hall–Kier alpha value is -3.06. The number of hydrogen-bond donors (Lipinski definition) is 2. The third kappa shape index (κ3) is 9.35. The predicted molar refractivity (Wildman–Crippen MR) is 133 cm³/mol. The number of amides is 2. The largest absolute Gasteiger partial charge is 0.497 e. The maximum atomic E-state index is 13.5. The highest BCUT2D eigenvalue weighted by atomic mass is 19.4. The summed E-state index contributed by atoms with van der Waals surface area (Å²) in [4.78, 5) is 41.3. The fourth-order valence-corrected chi connectivity index (χ4v) is 4.46. The number of ether oxygens (including phenoxy) is 2. The van der Waals surface area contributed by atoms with Gasteiger partial charge in [-0.05, 0) is 38.1 Å². The number of likely N-dealkylation sites (N-methyl/N-ethyl adjacent to an activating group) is 1. The van der Waals surface area contributed by atoms with Crippen molar-refractivity contribution in [2.45, 2.75) is 38.4 Å². The van der Waals surface area contributed by atoms with E-state index in [0.717, 1.165) is 52.1 Å². The van der Waals surface area contributed by atoms with Crippen LogP contribution in [0.15, 0.2) is 18.2 Å². The van der Waals surface area contributed by atoms with Crippen LogP contribution in [0.2, 0.25) is 0 Å². The molecule has 2 amide bonds. The molecule has 0 bridgehead atoms. The molecule has 2 heterocycles. The number of nitrogens with zero attached hydrogens (tertiary/aromatic N) is 3. The van der Waals surface area contributed by atoms with Gasteiger partial charge in [0.1, 0.15) is 11.5 Å². The highest BCUT2D eigenvalue weighted by molar-refractivity contribution is 5.95. The van der Waals surface area contributed by atoms with Crippen LogP contribution in [0.5, 0.6) is 11.5 Å². The fraction of sp³-hybridized carbons (Fsp3) is 0.640. The molecule has 2 saturated heterocycles. The molecule has 10 nitrogen and oxygen atoms in total. The van der Waals surface area contributed by atoms with Gasteiger partial charge in [0.15, 0.2) is 0 Å². The van der Waals surface area contributed by atoms with Gasteiger partial charge in [-0.15, -0.1) is 0 Å². The van der Waals surface area contributed by atoms with E-state index in [1.807, 2.05) is 9.80 Å². The second kappa shape index (κ2) is 14.8. The number of halogens is 3. The number of hydrogen-bond acceptors (Lipinski definition) is 7. The Kier molecular flexibility index (Phi) is 12.1. The number of methoxy groups -OCH3 is 2. The Labute approximate surface area is 220 Å². The van der Waals surface area contributed by atoms with Crippen LogP contribution >= 0.6 is 0 Å². The third-order valence-corrected chi connectivity index (χ3v) is 6.53. The predicted octanol–water partition coefficient (Wildman–Crippen LogP) is 2.09. The van der Waals surface area contributed by atoms with E-state index in [0.29, 0.717) is 42.6 Å². The first-order valence-corrected chi connectivity index (χ1v) is 12.5. The summed E-state index contributed by atoms with van der Waals surface area (Å²) in [6.07, 6.45) is -2.52. The minimum Gasteiger partial charge on any atom is -0.497 e. The van der Waals surface area contributed by atoms with Crippen molar-refractivity contribution >= 4 is 17.8 Å². The molecule has 1 atom stereocenters. The van der Waals surface area contributed by atoms with Crippen molar-refractivity contribution in [3.63, 3.8) is 0 Å². The van der Waals surface area contributed by atoms with Gasteiger partial charge in [-0.25, -0.2) is 4.79 Å². The molecule has 2 N–H and O–H groups in total. The molecule has 13 heteroatoms. The number of nitrogens with one attached hydrogen (secondary N) is 1. The first-order chi connectivity index (χ1) is 18.0. The van der Waals surface area contributed by atoms with Crippen molar-refractivity contribution in [3.8, 4) is 11.5 Å². The molecular formula is C25H37F3N4O6. The summed E-state index contributed by atoms with van der Waals surface area (Å²) in [7, 11) is 3.15. The third-order valence-electron chi connectivity index (χ3n) is 6.53. The molecular weight excluding hydrogens is 509 g/mol. The van der Waals surface area contributed by atoms with Gasteiger partial charge in [0.2, 0.25) is 5.91 Å². The lowest BCUT2D eigenvalue weighted by atomic mass is 10.1. The maximum Gasteiger partial charge on any atom is 0.490 e. The van der Waals surface area contributed by atoms with E-state index in [2.05, 4.69) is 17.1 Å². The Balaban J connectivity index is 0.000000638. The van der Waals surface area contributed by atoms with Crippen LogP contribution in [-0.4, -0.2) is 116 Å². The van der Waals surface area contributed by atoms with E-state index < -0.39 is 12.1 Å². The van der Waals surface area contributed by atoms with Crippen LogP contribution in [0, 0.1) is 0 Å². The smallest absolute Gasteiger partial charge is 0.490 e. The summed E-state index contributed by atoms with van der Waals surface area (Å²) in [5, 5.41) is 10.4. The van der Waals surface area contributed by atoms with E-state index in [1.54, 1.807) is 32.4 Å². The number of carboxylic acids is 1. The van der Waals surface area contributed by atoms with Crippen molar-refractivity contribution in [1.29, 1.82) is 0 Å². The normalized spacial score (nSPS) is 17.8. The fourth-order valence-electron chi connectivity index (χ4n) is 4.46. The molecule has 0 aromatic heterocycles. The van der Waals surface area contributed by atoms with Gasteiger partial charge in [0.05, 0.1) is 14.2 Å². The Bertz CT molecular complexity index is 918. The summed E-state index contributed by atoms with van der Waals surface area (Å²) in [6, 6.07) is 5.56. The molecule has 3 rings (SSSR count). The number of likely N-dealkylation sites (tertiary alicyclic amines) is 1. The standard InChI is InChI=1S/C23H36N4O4.C2HF3O2/c1-4-25-10-5-6-19(25)17-27(11-7-22(28)26-12-8-24-9-13-26)23(29)18-14-20(30-2)16-21(15-18)31-3;3-2(4,5)1(6)7/h14-16,19,24H,4-13,17H2,1-3H3;(H,6,7). The number of alkyl halides is 3. The van der Waals surface area contributed by atoms with Crippen LogP contribution in [0.3, 0.4) is 0 Å². The quantitative estimate of drug-likeness (QED) is 0.485. The Morgan fingerprint density at radius 2 is 1.66 bits per heavy atom. The molecule has 1 unspecified atom stereocenters. The molecule has 0 radical (unpaired) electrons. The van der Waals surface area contributed by atoms with Crippen molar-refractivity contribution in [2.75, 3.05) is 66.6 Å². The van der Waals surface area contributed by atoms with Crippen molar-refractivity contribution in [3.05, 3.63) is 23.8 Å². The highest BCUT2D eigenvalue weighted by Gasteiger charge is 2.38. The lowest BCUT2D eigenvalue weighted by molar-refractivity contribution is -0.192. The van der Waals surface area contributed by atoms with Gasteiger partial charge in [-0.2, -0.15) is 13.2 Å². The number of piperazine rings is 1. The first-order valence-electron chi connectivity index (χ1n) is 12.5. The van der Waals surface area contributed by atoms with E-state index >= 15 is 0 Å². The average Bonchev–Trinajstić information content (AvgIpc) is 3.37. The number of aliphatic carboxylic acids is 1. The van der Waals surface area contributed by atoms with Crippen LogP contribution in [0.1, 0.15) is 36.5 Å². The van der Waals surface area contributed by atoms with Gasteiger partial charge < -0.3 is 29.7 Å². The van der Waals surface area contributed by atoms with Crippen LogP contribution in [0.4, 0.5) is 13.2 Å². The van der Waals surface area contributed by atoms with Gasteiger partial charge in [0.25, 0.3) is 5.91 Å². The zero-order chi connectivity index (χ0) is 28.3. The molecule has 2 aliphatic heterocycles. The number of carbonyl (C=O) groups is 3. The highest BCUT2D eigenvalue weighted by Crippen LogP contribution is 2.25. The lowest BCUT2D eigenvalue weighted by Gasteiger charge is -2.32. The van der Waals surface area contributed by atoms with Gasteiger partial charge >= 0.3 is 12.1 Å². The maximum absolute atomic E-state index is 13.5. The van der Waals surface area contributed by atoms with E-state index in [-0.39, 0.29) is 11.8 Å². The minimum atomic E-state index is -5.08. The number of rotatable bonds is 9. The molecule has 1 aromatic carbocycles. The molecule has 2 fully saturated rings. The number of carbonyl (C=O) groups excluding carboxylic acids is 2. The van der Waals surface area contributed by atoms with Crippen LogP contribution < -0.4 is 14.8 Å². The summed E-state index contributed by atoms with van der Waals surface area (Å²) in [6.45, 7) is 8.34. The molecule has 38 heavy (non-hydrogen) atoms. The summed E-state index contributed by atoms with van der Waals surface area (Å²) in [5.74, 6) is -1.58. The molecule has 2 aliphatic rings. The molecule has 1 aromatic rings. The van der Waals surface area contributed by atoms with Crippen molar-refractivity contribution in [2.24, 2.45) is 0 Å². The minimum absolute atomic E-state index is 0.0896. The molecule has 0 saturated carbocycles. The summed E-state index contributed by atoms with van der Waals surface area (Å²) in [5.41, 5.74) is 0.520. The molecule has 0 spiro atoms. The monoisotopic (exact) mass is 546 g/mol. The molecule has 0 aliphatic carbocycles. The lowest BCUT2D eigenvalue weighted by Crippen LogP contribution is -2.48. The van der Waals surface area contributed by atoms with Gasteiger partial charge in [-0.3, -0.25) is 14.5 Å². The summed E-state index contributed by atoms with van der Waals surface area (Å²) >= 11 is 0. The zero-order valence-corrected chi connectivity index (χ0v) is 22.1. The molecule has 214 valence electrons. The van der Waals surface area contributed by atoms with E-state index in [9.17, 15) is 22.8 Å².